The van der Waals surface area contributed by atoms with Gasteiger partial charge in [-0.25, -0.2) is 8.42 Å². The Kier molecular flexibility index (Phi) is 6.94. The number of nitrogens with zero attached hydrogens (tertiary/aromatic N) is 1. The SMILES string of the molecule is C=CCNC(=NC)NC(CC)CS(=O)(=O)c1ccccc1. The number of benzene rings is 1. The van der Waals surface area contributed by atoms with Gasteiger partial charge in [0.15, 0.2) is 15.8 Å². The van der Waals surface area contributed by atoms with Gasteiger partial charge in [0.1, 0.15) is 0 Å². The lowest BCUT2D eigenvalue weighted by atomic mass is 10.3. The standard InChI is InChI=1S/C15H23N3O2S/c1-4-11-17-15(16-3)18-13(5-2)12-21(19,20)14-9-7-6-8-10-14/h4,6-10,13H,1,5,11-12H2,2-3H3,(H2,16,17,18). The van der Waals surface area contributed by atoms with E-state index in [4.69, 9.17) is 0 Å². The molecule has 0 spiro atoms. The van der Waals surface area contributed by atoms with Gasteiger partial charge in [-0.1, -0.05) is 31.2 Å². The summed E-state index contributed by atoms with van der Waals surface area (Å²) >= 11 is 0. The highest BCUT2D eigenvalue weighted by molar-refractivity contribution is 7.91. The lowest BCUT2D eigenvalue weighted by Gasteiger charge is -2.20. The zero-order chi connectivity index (χ0) is 15.7. The monoisotopic (exact) mass is 309 g/mol. The van der Waals surface area contributed by atoms with E-state index in [9.17, 15) is 8.42 Å². The fourth-order valence-electron chi connectivity index (χ4n) is 1.81. The molecule has 0 aliphatic carbocycles. The fraction of sp³-hybridized carbons (Fsp3) is 0.400. The van der Waals surface area contributed by atoms with Crippen LogP contribution in [0, 0.1) is 0 Å². The van der Waals surface area contributed by atoms with E-state index in [1.165, 1.54) is 0 Å². The van der Waals surface area contributed by atoms with Gasteiger partial charge in [-0.05, 0) is 18.6 Å². The lowest BCUT2D eigenvalue weighted by molar-refractivity contribution is 0.569. The molecule has 0 radical (unpaired) electrons. The third kappa shape index (κ3) is 5.59. The predicted octanol–water partition coefficient (Wildman–Crippen LogP) is 1.59. The Balaban J connectivity index is 2.76. The molecule has 1 atom stereocenters. The van der Waals surface area contributed by atoms with Crippen LogP contribution in [0.2, 0.25) is 0 Å². The molecule has 5 nitrogen and oxygen atoms in total. The molecule has 1 unspecified atom stereocenters. The Morgan fingerprint density at radius 2 is 2.05 bits per heavy atom. The molecule has 0 saturated heterocycles. The van der Waals surface area contributed by atoms with Gasteiger partial charge >= 0.3 is 0 Å². The Morgan fingerprint density at radius 1 is 1.38 bits per heavy atom. The van der Waals surface area contributed by atoms with Crippen molar-refractivity contribution in [2.24, 2.45) is 4.99 Å². The summed E-state index contributed by atoms with van der Waals surface area (Å²) in [7, 11) is -1.66. The first-order valence-corrected chi connectivity index (χ1v) is 8.54. The summed E-state index contributed by atoms with van der Waals surface area (Å²) in [6.07, 6.45) is 2.40. The third-order valence-electron chi connectivity index (χ3n) is 2.99. The molecule has 1 rings (SSSR count). The number of guanidine groups is 1. The number of sulfone groups is 1. The summed E-state index contributed by atoms with van der Waals surface area (Å²) in [5.74, 6) is 0.604. The summed E-state index contributed by atoms with van der Waals surface area (Å²) in [5.41, 5.74) is 0. The zero-order valence-electron chi connectivity index (χ0n) is 12.5. The normalized spacial score (nSPS) is 13.5. The van der Waals surface area contributed by atoms with Crippen molar-refractivity contribution in [3.8, 4) is 0 Å². The summed E-state index contributed by atoms with van der Waals surface area (Å²) in [6.45, 7) is 6.14. The highest BCUT2D eigenvalue weighted by atomic mass is 32.2. The van der Waals surface area contributed by atoms with Gasteiger partial charge in [-0.3, -0.25) is 4.99 Å². The second-order valence-electron chi connectivity index (χ2n) is 4.59. The summed E-state index contributed by atoms with van der Waals surface area (Å²) < 4.78 is 24.7. The average Bonchev–Trinajstić information content (AvgIpc) is 2.51. The van der Waals surface area contributed by atoms with Crippen molar-refractivity contribution in [3.63, 3.8) is 0 Å². The molecule has 0 aromatic heterocycles. The van der Waals surface area contributed by atoms with Crippen LogP contribution < -0.4 is 10.6 Å². The molecule has 0 saturated carbocycles. The fourth-order valence-corrected chi connectivity index (χ4v) is 3.42. The highest BCUT2D eigenvalue weighted by Crippen LogP contribution is 2.12. The second-order valence-corrected chi connectivity index (χ2v) is 6.62. The van der Waals surface area contributed by atoms with Crippen LogP contribution >= 0.6 is 0 Å². The first-order valence-electron chi connectivity index (χ1n) is 6.89. The molecular formula is C15H23N3O2S. The molecule has 116 valence electrons. The zero-order valence-corrected chi connectivity index (χ0v) is 13.4. The van der Waals surface area contributed by atoms with Crippen LogP contribution in [0.25, 0.3) is 0 Å². The molecule has 0 bridgehead atoms. The number of rotatable bonds is 7. The quantitative estimate of drug-likeness (QED) is 0.456. The Morgan fingerprint density at radius 3 is 2.57 bits per heavy atom. The van der Waals surface area contributed by atoms with Crippen molar-refractivity contribution in [1.82, 2.24) is 10.6 Å². The molecule has 1 aromatic rings. The molecule has 0 aliphatic rings. The Bertz CT molecular complexity index is 568. The van der Waals surface area contributed by atoms with Crippen molar-refractivity contribution in [2.75, 3.05) is 19.3 Å². The Hall–Kier alpha value is -1.82. The molecule has 0 aliphatic heterocycles. The third-order valence-corrected chi connectivity index (χ3v) is 4.83. The van der Waals surface area contributed by atoms with E-state index in [-0.39, 0.29) is 11.8 Å². The van der Waals surface area contributed by atoms with E-state index in [0.29, 0.717) is 23.8 Å². The minimum atomic E-state index is -3.31. The van der Waals surface area contributed by atoms with E-state index < -0.39 is 9.84 Å². The summed E-state index contributed by atoms with van der Waals surface area (Å²) in [5, 5.41) is 6.16. The molecular weight excluding hydrogens is 286 g/mol. The molecule has 0 amide bonds. The molecule has 1 aromatic carbocycles. The van der Waals surface area contributed by atoms with Crippen molar-refractivity contribution in [1.29, 1.82) is 0 Å². The van der Waals surface area contributed by atoms with Crippen LogP contribution in [0.15, 0.2) is 52.9 Å². The van der Waals surface area contributed by atoms with E-state index in [1.807, 2.05) is 6.92 Å². The molecule has 6 heteroatoms. The topological polar surface area (TPSA) is 70.6 Å². The van der Waals surface area contributed by atoms with Gasteiger partial charge in [0.2, 0.25) is 0 Å². The predicted molar refractivity (Wildman–Crippen MR) is 87.3 cm³/mol. The van der Waals surface area contributed by atoms with Crippen molar-refractivity contribution < 1.29 is 8.42 Å². The van der Waals surface area contributed by atoms with Gasteiger partial charge in [0.05, 0.1) is 10.6 Å². The first-order chi connectivity index (χ1) is 10.0. The van der Waals surface area contributed by atoms with Crippen LogP contribution in [0.4, 0.5) is 0 Å². The van der Waals surface area contributed by atoms with E-state index in [0.717, 1.165) is 0 Å². The van der Waals surface area contributed by atoms with Crippen LogP contribution in [0.1, 0.15) is 13.3 Å². The minimum absolute atomic E-state index is 0.0301. The van der Waals surface area contributed by atoms with Crippen LogP contribution in [0.5, 0.6) is 0 Å². The van der Waals surface area contributed by atoms with Gasteiger partial charge in [0.25, 0.3) is 0 Å². The second kappa shape index (κ2) is 8.46. The highest BCUT2D eigenvalue weighted by Gasteiger charge is 2.20. The minimum Gasteiger partial charge on any atom is -0.353 e. The first kappa shape index (κ1) is 17.2. The number of hydrogen-bond acceptors (Lipinski definition) is 3. The molecule has 0 fully saturated rings. The van der Waals surface area contributed by atoms with E-state index in [2.05, 4.69) is 22.2 Å². The lowest BCUT2D eigenvalue weighted by Crippen LogP contribution is -2.46. The molecule has 2 N–H and O–H groups in total. The summed E-state index contributed by atoms with van der Waals surface area (Å²) in [4.78, 5) is 4.41. The van der Waals surface area contributed by atoms with Crippen molar-refractivity contribution in [2.45, 2.75) is 24.3 Å². The van der Waals surface area contributed by atoms with Gasteiger partial charge < -0.3 is 10.6 Å². The molecule has 21 heavy (non-hydrogen) atoms. The van der Waals surface area contributed by atoms with Gasteiger partial charge in [-0.2, -0.15) is 0 Å². The van der Waals surface area contributed by atoms with Gasteiger partial charge in [-0.15, -0.1) is 6.58 Å². The van der Waals surface area contributed by atoms with E-state index >= 15 is 0 Å². The van der Waals surface area contributed by atoms with Crippen molar-refractivity contribution in [3.05, 3.63) is 43.0 Å². The Labute approximate surface area is 127 Å². The maximum atomic E-state index is 12.4. The van der Waals surface area contributed by atoms with E-state index in [1.54, 1.807) is 43.5 Å². The average molecular weight is 309 g/mol. The number of aliphatic imine (C=N–C) groups is 1. The van der Waals surface area contributed by atoms with Crippen molar-refractivity contribution >= 4 is 15.8 Å². The van der Waals surface area contributed by atoms with Crippen LogP contribution in [0.3, 0.4) is 0 Å². The largest absolute Gasteiger partial charge is 0.353 e. The number of hydrogen-bond donors (Lipinski definition) is 2. The van der Waals surface area contributed by atoms with Crippen LogP contribution in [-0.2, 0) is 9.84 Å². The number of nitrogens with one attached hydrogen (secondary N) is 2. The maximum Gasteiger partial charge on any atom is 0.191 e. The van der Waals surface area contributed by atoms with Crippen LogP contribution in [-0.4, -0.2) is 39.8 Å². The van der Waals surface area contributed by atoms with Gasteiger partial charge in [0, 0.05) is 19.6 Å². The smallest absolute Gasteiger partial charge is 0.191 e. The summed E-state index contributed by atoms with van der Waals surface area (Å²) in [6, 6.07) is 8.29. The molecule has 0 heterocycles. The maximum absolute atomic E-state index is 12.4.